The first-order chi connectivity index (χ1) is 9.52. The Bertz CT molecular complexity index is 420. The quantitative estimate of drug-likeness (QED) is 0.768. The van der Waals surface area contributed by atoms with Crippen molar-refractivity contribution in [3.63, 3.8) is 0 Å². The van der Waals surface area contributed by atoms with E-state index in [9.17, 15) is 9.59 Å². The lowest BCUT2D eigenvalue weighted by atomic mass is 9.98. The maximum Gasteiger partial charge on any atom is 0.325 e. The highest BCUT2D eigenvalue weighted by Crippen LogP contribution is 2.30. The summed E-state index contributed by atoms with van der Waals surface area (Å²) in [6.07, 6.45) is 3.22. The molecule has 1 N–H and O–H groups in total. The number of carbonyl (C=O) groups excluding carboxylic acids is 2. The Morgan fingerprint density at radius 3 is 2.85 bits per heavy atom. The Morgan fingerprint density at radius 2 is 2.25 bits per heavy atom. The first kappa shape index (κ1) is 13.8. The van der Waals surface area contributed by atoms with Gasteiger partial charge in [-0.1, -0.05) is 0 Å². The summed E-state index contributed by atoms with van der Waals surface area (Å²) in [4.78, 5) is 28.1. The molecule has 0 aromatic rings. The van der Waals surface area contributed by atoms with Crippen LogP contribution in [0.1, 0.15) is 33.1 Å². The highest BCUT2D eigenvalue weighted by molar-refractivity contribution is 6.07. The van der Waals surface area contributed by atoms with Gasteiger partial charge in [-0.2, -0.15) is 0 Å². The molecule has 1 spiro atoms. The average molecular weight is 281 g/mol. The maximum atomic E-state index is 12.5. The second-order valence-corrected chi connectivity index (χ2v) is 6.40. The summed E-state index contributed by atoms with van der Waals surface area (Å²) >= 11 is 0. The molecule has 2 atom stereocenters. The topological polar surface area (TPSA) is 61.9 Å². The fourth-order valence-electron chi connectivity index (χ4n) is 3.51. The molecule has 3 fully saturated rings. The minimum absolute atomic E-state index is 0.0626. The third kappa shape index (κ3) is 2.20. The molecule has 3 aliphatic rings. The summed E-state index contributed by atoms with van der Waals surface area (Å²) in [6, 6.07) is -0.335. The van der Waals surface area contributed by atoms with Crippen molar-refractivity contribution < 1.29 is 14.3 Å². The fourth-order valence-corrected chi connectivity index (χ4v) is 3.51. The van der Waals surface area contributed by atoms with Crippen LogP contribution in [0.15, 0.2) is 0 Å². The van der Waals surface area contributed by atoms with E-state index in [0.29, 0.717) is 19.1 Å². The van der Waals surface area contributed by atoms with E-state index in [2.05, 4.69) is 10.2 Å². The van der Waals surface area contributed by atoms with Crippen LogP contribution in [0.25, 0.3) is 0 Å². The molecule has 3 rings (SSSR count). The fraction of sp³-hybridized carbons (Fsp3) is 0.857. The zero-order valence-electron chi connectivity index (χ0n) is 12.2. The predicted molar refractivity (Wildman–Crippen MR) is 73.3 cm³/mol. The largest absolute Gasteiger partial charge is 0.377 e. The van der Waals surface area contributed by atoms with E-state index in [0.717, 1.165) is 32.5 Å². The van der Waals surface area contributed by atoms with Crippen molar-refractivity contribution in [1.82, 2.24) is 15.1 Å². The Kier molecular flexibility index (Phi) is 3.46. The van der Waals surface area contributed by atoms with E-state index >= 15 is 0 Å². The highest BCUT2D eigenvalue weighted by atomic mass is 16.5. The Labute approximate surface area is 119 Å². The minimum atomic E-state index is -0.694. The van der Waals surface area contributed by atoms with Gasteiger partial charge in [0.1, 0.15) is 5.54 Å². The molecule has 6 nitrogen and oxygen atoms in total. The Hall–Kier alpha value is -1.14. The summed E-state index contributed by atoms with van der Waals surface area (Å²) in [5, 5.41) is 2.92. The van der Waals surface area contributed by atoms with Crippen LogP contribution in [0.3, 0.4) is 0 Å². The van der Waals surface area contributed by atoms with E-state index in [-0.39, 0.29) is 18.0 Å². The number of nitrogens with one attached hydrogen (secondary N) is 1. The number of hydrogen-bond acceptors (Lipinski definition) is 4. The van der Waals surface area contributed by atoms with E-state index in [1.807, 2.05) is 13.8 Å². The predicted octanol–water partition coefficient (Wildman–Crippen LogP) is 0.570. The van der Waals surface area contributed by atoms with Crippen LogP contribution in [0.4, 0.5) is 4.79 Å². The van der Waals surface area contributed by atoms with Crippen LogP contribution in [-0.2, 0) is 9.53 Å². The van der Waals surface area contributed by atoms with Gasteiger partial charge in [0.05, 0.1) is 6.10 Å². The summed E-state index contributed by atoms with van der Waals surface area (Å²) in [7, 11) is 0. The molecule has 0 aliphatic carbocycles. The zero-order valence-corrected chi connectivity index (χ0v) is 12.2. The molecule has 3 heterocycles. The number of urea groups is 1. The van der Waals surface area contributed by atoms with Gasteiger partial charge in [-0.05, 0) is 33.1 Å². The first-order valence-electron chi connectivity index (χ1n) is 7.52. The van der Waals surface area contributed by atoms with Gasteiger partial charge in [0.2, 0.25) is 0 Å². The molecule has 0 aromatic carbocycles. The SMILES string of the molecule is CC(C)N1C(=O)NC2(CCN(CC3CCCO3)C2)C1=O. The van der Waals surface area contributed by atoms with E-state index in [1.54, 1.807) is 0 Å². The standard InChI is InChI=1S/C14H23N3O3/c1-10(2)17-12(18)14(15-13(17)19)5-6-16(9-14)8-11-4-3-7-20-11/h10-11H,3-9H2,1-2H3,(H,15,19). The number of likely N-dealkylation sites (tertiary alicyclic amines) is 1. The van der Waals surface area contributed by atoms with Crippen LogP contribution < -0.4 is 5.32 Å². The second-order valence-electron chi connectivity index (χ2n) is 6.40. The monoisotopic (exact) mass is 281 g/mol. The summed E-state index contributed by atoms with van der Waals surface area (Å²) in [6.45, 7) is 6.91. The van der Waals surface area contributed by atoms with Gasteiger partial charge in [-0.25, -0.2) is 4.79 Å². The van der Waals surface area contributed by atoms with Crippen molar-refractivity contribution in [3.8, 4) is 0 Å². The van der Waals surface area contributed by atoms with Gasteiger partial charge < -0.3 is 10.1 Å². The van der Waals surface area contributed by atoms with Gasteiger partial charge >= 0.3 is 6.03 Å². The third-order valence-electron chi connectivity index (χ3n) is 4.54. The minimum Gasteiger partial charge on any atom is -0.377 e. The van der Waals surface area contributed by atoms with E-state index in [1.165, 1.54) is 4.90 Å². The average Bonchev–Trinajstić information content (AvgIpc) is 3.04. The molecule has 20 heavy (non-hydrogen) atoms. The van der Waals surface area contributed by atoms with Crippen LogP contribution in [0, 0.1) is 0 Å². The molecule has 0 aromatic heterocycles. The number of hydrogen-bond donors (Lipinski definition) is 1. The van der Waals surface area contributed by atoms with Crippen LogP contribution >= 0.6 is 0 Å². The number of carbonyl (C=O) groups is 2. The number of amides is 3. The van der Waals surface area contributed by atoms with Crippen LogP contribution in [0.5, 0.6) is 0 Å². The summed E-state index contributed by atoms with van der Waals surface area (Å²) in [5.74, 6) is -0.0626. The van der Waals surface area contributed by atoms with Crippen molar-refractivity contribution in [2.45, 2.75) is 50.8 Å². The van der Waals surface area contributed by atoms with Crippen molar-refractivity contribution >= 4 is 11.9 Å². The third-order valence-corrected chi connectivity index (χ3v) is 4.54. The van der Waals surface area contributed by atoms with Crippen molar-refractivity contribution in [3.05, 3.63) is 0 Å². The molecule has 0 radical (unpaired) electrons. The molecule has 2 unspecified atom stereocenters. The molecule has 0 bridgehead atoms. The van der Waals surface area contributed by atoms with E-state index in [4.69, 9.17) is 4.74 Å². The Morgan fingerprint density at radius 1 is 1.45 bits per heavy atom. The maximum absolute atomic E-state index is 12.5. The molecular weight excluding hydrogens is 258 g/mol. The van der Waals surface area contributed by atoms with Gasteiger partial charge in [-0.3, -0.25) is 14.6 Å². The van der Waals surface area contributed by atoms with Gasteiger partial charge in [0.15, 0.2) is 0 Å². The number of rotatable bonds is 3. The summed E-state index contributed by atoms with van der Waals surface area (Å²) in [5.41, 5.74) is -0.694. The smallest absolute Gasteiger partial charge is 0.325 e. The van der Waals surface area contributed by atoms with Gasteiger partial charge in [-0.15, -0.1) is 0 Å². The van der Waals surface area contributed by atoms with Crippen molar-refractivity contribution in [1.29, 1.82) is 0 Å². The number of imide groups is 1. The number of ether oxygens (including phenoxy) is 1. The van der Waals surface area contributed by atoms with Crippen LogP contribution in [0.2, 0.25) is 0 Å². The molecule has 3 saturated heterocycles. The lowest BCUT2D eigenvalue weighted by Crippen LogP contribution is -2.50. The van der Waals surface area contributed by atoms with Gasteiger partial charge in [0.25, 0.3) is 5.91 Å². The summed E-state index contributed by atoms with van der Waals surface area (Å²) < 4.78 is 5.65. The lowest BCUT2D eigenvalue weighted by molar-refractivity contribution is -0.132. The lowest BCUT2D eigenvalue weighted by Gasteiger charge is -2.24. The normalized spacial score (nSPS) is 34.8. The second kappa shape index (κ2) is 5.00. The molecule has 3 amide bonds. The van der Waals surface area contributed by atoms with Crippen molar-refractivity contribution in [2.24, 2.45) is 0 Å². The van der Waals surface area contributed by atoms with E-state index < -0.39 is 5.54 Å². The molecule has 6 heteroatoms. The Balaban J connectivity index is 1.66. The molecule has 112 valence electrons. The van der Waals surface area contributed by atoms with Crippen LogP contribution in [-0.4, -0.2) is 65.7 Å². The zero-order chi connectivity index (χ0) is 14.3. The van der Waals surface area contributed by atoms with Gasteiger partial charge in [0, 0.05) is 32.3 Å². The molecule has 3 aliphatic heterocycles. The first-order valence-corrected chi connectivity index (χ1v) is 7.52. The van der Waals surface area contributed by atoms with Crippen molar-refractivity contribution in [2.75, 3.05) is 26.2 Å². The highest BCUT2D eigenvalue weighted by Gasteiger charge is 2.55. The number of nitrogens with zero attached hydrogens (tertiary/aromatic N) is 2. The molecule has 0 saturated carbocycles. The molecular formula is C14H23N3O3.